The summed E-state index contributed by atoms with van der Waals surface area (Å²) in [7, 11) is 0. The number of benzene rings is 12. The Balaban J connectivity index is 0.980. The molecule has 0 aliphatic heterocycles. The molecule has 12 aromatic rings. The molecule has 0 bridgehead atoms. The summed E-state index contributed by atoms with van der Waals surface area (Å²) in [4.78, 5) is 2.40. The highest BCUT2D eigenvalue weighted by molar-refractivity contribution is 6.22. The second kappa shape index (κ2) is 18.3. The second-order valence-electron chi connectivity index (χ2n) is 17.6. The molecule has 0 heterocycles. The minimum Gasteiger partial charge on any atom is -0.310 e. The fourth-order valence-electron chi connectivity index (χ4n) is 10.2. The average Bonchev–Trinajstić information content (AvgIpc) is 3.44. The van der Waals surface area contributed by atoms with Crippen LogP contribution in [0.4, 0.5) is 17.1 Å². The van der Waals surface area contributed by atoms with E-state index in [-0.39, 0.29) is 0 Å². The summed E-state index contributed by atoms with van der Waals surface area (Å²) in [6.45, 7) is 0. The summed E-state index contributed by atoms with van der Waals surface area (Å²) >= 11 is 0. The number of anilines is 3. The first-order valence-electron chi connectivity index (χ1n) is 23.7. The Kier molecular flexibility index (Phi) is 11.0. The molecule has 69 heavy (non-hydrogen) atoms. The second-order valence-corrected chi connectivity index (χ2v) is 17.6. The smallest absolute Gasteiger partial charge is 0.0540 e. The monoisotopic (exact) mass is 877 g/mol. The van der Waals surface area contributed by atoms with Gasteiger partial charge in [0.05, 0.1) is 5.69 Å². The Morgan fingerprint density at radius 1 is 0.188 bits per heavy atom. The van der Waals surface area contributed by atoms with E-state index in [0.29, 0.717) is 0 Å². The van der Waals surface area contributed by atoms with E-state index in [1.807, 2.05) is 0 Å². The summed E-state index contributed by atoms with van der Waals surface area (Å²) < 4.78 is 0. The van der Waals surface area contributed by atoms with Crippen molar-refractivity contribution in [1.29, 1.82) is 0 Å². The third-order valence-corrected chi connectivity index (χ3v) is 13.5. The van der Waals surface area contributed by atoms with Gasteiger partial charge in [-0.05, 0) is 136 Å². The van der Waals surface area contributed by atoms with Gasteiger partial charge in [-0.25, -0.2) is 0 Å². The Morgan fingerprint density at radius 2 is 0.565 bits per heavy atom. The number of hydrogen-bond acceptors (Lipinski definition) is 1. The van der Waals surface area contributed by atoms with Gasteiger partial charge in [0.1, 0.15) is 0 Å². The first kappa shape index (κ1) is 41.4. The van der Waals surface area contributed by atoms with Crippen LogP contribution >= 0.6 is 0 Å². The molecule has 0 N–H and O–H groups in total. The van der Waals surface area contributed by atoms with Crippen LogP contribution in [-0.4, -0.2) is 0 Å². The van der Waals surface area contributed by atoms with Gasteiger partial charge in [0.2, 0.25) is 0 Å². The van der Waals surface area contributed by atoms with E-state index in [0.717, 1.165) is 22.6 Å². The molecule has 324 valence electrons. The highest BCUT2D eigenvalue weighted by atomic mass is 15.1. The topological polar surface area (TPSA) is 3.24 Å². The van der Waals surface area contributed by atoms with Gasteiger partial charge in [-0.3, -0.25) is 0 Å². The maximum atomic E-state index is 2.41. The lowest BCUT2D eigenvalue weighted by atomic mass is 9.84. The molecule has 0 fully saturated rings. The molecule has 0 unspecified atom stereocenters. The lowest BCUT2D eigenvalue weighted by Gasteiger charge is -2.28. The van der Waals surface area contributed by atoms with Gasteiger partial charge in [-0.2, -0.15) is 0 Å². The zero-order valence-electron chi connectivity index (χ0n) is 38.1. The molecule has 12 aromatic carbocycles. The van der Waals surface area contributed by atoms with Gasteiger partial charge < -0.3 is 4.90 Å². The van der Waals surface area contributed by atoms with E-state index in [2.05, 4.69) is 290 Å². The molecule has 0 amide bonds. The van der Waals surface area contributed by atoms with Crippen LogP contribution in [0.3, 0.4) is 0 Å². The molecule has 0 aromatic heterocycles. The summed E-state index contributed by atoms with van der Waals surface area (Å²) in [6, 6.07) is 104. The molecule has 12 rings (SSSR count). The van der Waals surface area contributed by atoms with Crippen molar-refractivity contribution < 1.29 is 0 Å². The molecule has 1 nitrogen and oxygen atoms in total. The number of rotatable bonds is 10. The van der Waals surface area contributed by atoms with E-state index < -0.39 is 0 Å². The lowest BCUT2D eigenvalue weighted by Crippen LogP contribution is -2.11. The predicted molar refractivity (Wildman–Crippen MR) is 294 cm³/mol. The summed E-state index contributed by atoms with van der Waals surface area (Å²) in [5.41, 5.74) is 20.1. The maximum Gasteiger partial charge on any atom is 0.0540 e. The van der Waals surface area contributed by atoms with Gasteiger partial charge in [0.15, 0.2) is 0 Å². The van der Waals surface area contributed by atoms with Crippen molar-refractivity contribution >= 4 is 38.6 Å². The SMILES string of the molecule is c1ccc(-c2ccc(-c3ccc(N(c4ccc(-c5ccc6c(c5)c(-c5ccccc5)c(-c5ccccc5)c5ccccc56)cc4)c4ccccc4-c4ccccc4)cc3)c(-c3ccccc3)c2)cc1. The molecule has 0 spiro atoms. The van der Waals surface area contributed by atoms with Crippen LogP contribution in [0, 0.1) is 0 Å². The van der Waals surface area contributed by atoms with Crippen LogP contribution in [0.2, 0.25) is 0 Å². The van der Waals surface area contributed by atoms with Gasteiger partial charge in [-0.15, -0.1) is 0 Å². The van der Waals surface area contributed by atoms with E-state index in [1.165, 1.54) is 93.9 Å². The first-order valence-corrected chi connectivity index (χ1v) is 23.7. The molecular formula is C68H47N. The van der Waals surface area contributed by atoms with Crippen molar-refractivity contribution in [2.24, 2.45) is 0 Å². The molecule has 0 atom stereocenters. The minimum atomic E-state index is 1.08. The molecular weight excluding hydrogens is 831 g/mol. The highest BCUT2D eigenvalue weighted by Gasteiger charge is 2.21. The number of nitrogens with zero attached hydrogens (tertiary/aromatic N) is 1. The quantitative estimate of drug-likeness (QED) is 0.124. The van der Waals surface area contributed by atoms with E-state index >= 15 is 0 Å². The van der Waals surface area contributed by atoms with Crippen molar-refractivity contribution in [3.05, 3.63) is 285 Å². The fraction of sp³-hybridized carbons (Fsp3) is 0. The zero-order chi connectivity index (χ0) is 45.9. The number of hydrogen-bond donors (Lipinski definition) is 0. The highest BCUT2D eigenvalue weighted by Crippen LogP contribution is 2.47. The standard InChI is InChI=1S/C68H47N/c1-6-20-48(21-7-1)55-38-44-59(64(46-55)51-24-10-3-11-25-51)52-36-42-58(43-37-52)69(66-33-19-18-30-60(66)50-22-8-2-9-23-50)57-40-34-49(35-41-57)56-39-45-62-61-31-16-17-32-63(61)67(53-26-12-4-13-27-53)68(65(62)47-56)54-28-14-5-15-29-54/h1-47H. The lowest BCUT2D eigenvalue weighted by molar-refractivity contribution is 1.28. The van der Waals surface area contributed by atoms with Gasteiger partial charge in [-0.1, -0.05) is 243 Å². The maximum absolute atomic E-state index is 2.41. The Morgan fingerprint density at radius 3 is 1.16 bits per heavy atom. The largest absolute Gasteiger partial charge is 0.310 e. The average molecular weight is 878 g/mol. The van der Waals surface area contributed by atoms with E-state index in [1.54, 1.807) is 0 Å². The van der Waals surface area contributed by atoms with Crippen LogP contribution in [0.1, 0.15) is 0 Å². The third-order valence-electron chi connectivity index (χ3n) is 13.5. The van der Waals surface area contributed by atoms with Crippen LogP contribution in [-0.2, 0) is 0 Å². The van der Waals surface area contributed by atoms with Crippen LogP contribution < -0.4 is 4.90 Å². The first-order chi connectivity index (χ1) is 34.2. The molecule has 0 saturated carbocycles. The fourth-order valence-corrected chi connectivity index (χ4v) is 10.2. The van der Waals surface area contributed by atoms with Crippen LogP contribution in [0.5, 0.6) is 0 Å². The molecule has 0 saturated heterocycles. The Hall–Kier alpha value is -9.04. The Bertz CT molecular complexity index is 3720. The number of para-hydroxylation sites is 1. The summed E-state index contributed by atoms with van der Waals surface area (Å²) in [5, 5.41) is 5.00. The van der Waals surface area contributed by atoms with Crippen molar-refractivity contribution in [2.45, 2.75) is 0 Å². The van der Waals surface area contributed by atoms with Crippen molar-refractivity contribution in [2.75, 3.05) is 4.90 Å². The normalized spacial score (nSPS) is 11.2. The number of fused-ring (bicyclic) bond motifs is 3. The Labute approximate surface area is 404 Å². The van der Waals surface area contributed by atoms with Crippen molar-refractivity contribution in [3.8, 4) is 77.9 Å². The van der Waals surface area contributed by atoms with E-state index in [9.17, 15) is 0 Å². The van der Waals surface area contributed by atoms with E-state index in [4.69, 9.17) is 0 Å². The van der Waals surface area contributed by atoms with Gasteiger partial charge in [0.25, 0.3) is 0 Å². The van der Waals surface area contributed by atoms with Crippen molar-refractivity contribution in [3.63, 3.8) is 0 Å². The van der Waals surface area contributed by atoms with Gasteiger partial charge >= 0.3 is 0 Å². The summed E-state index contributed by atoms with van der Waals surface area (Å²) in [6.07, 6.45) is 0. The molecule has 1 heteroatoms. The van der Waals surface area contributed by atoms with Crippen LogP contribution in [0.15, 0.2) is 285 Å². The van der Waals surface area contributed by atoms with Gasteiger partial charge in [0, 0.05) is 16.9 Å². The summed E-state index contributed by atoms with van der Waals surface area (Å²) in [5.74, 6) is 0. The zero-order valence-corrected chi connectivity index (χ0v) is 38.1. The predicted octanol–water partition coefficient (Wildman–Crippen LogP) is 19.1. The van der Waals surface area contributed by atoms with Crippen molar-refractivity contribution in [1.82, 2.24) is 0 Å². The molecule has 0 radical (unpaired) electrons. The van der Waals surface area contributed by atoms with Crippen LogP contribution in [0.25, 0.3) is 99.4 Å². The third kappa shape index (κ3) is 7.97. The molecule has 0 aliphatic carbocycles. The molecule has 0 aliphatic rings. The minimum absolute atomic E-state index is 1.08.